The topological polar surface area (TPSA) is 486 Å². The van der Waals surface area contributed by atoms with Crippen molar-refractivity contribution in [3.05, 3.63) is 0 Å². The van der Waals surface area contributed by atoms with E-state index in [1.165, 1.54) is 0 Å². The second-order valence-corrected chi connectivity index (χ2v) is 15.1. The summed E-state index contributed by atoms with van der Waals surface area (Å²) >= 11 is 0. The average Bonchev–Trinajstić information content (AvgIpc) is 3.09. The number of aliphatic carboxylic acids is 2. The number of aliphatic hydroxyl groups is 8. The molecule has 0 saturated carbocycles. The standard InChI is InChI=1S/C26H40N2O29S2/c1-3(29)27-5-14(12(36)25(54-21(5)42)56-58(43,44)45)49-24-11(35)9(33)16(18(53-24)20(40)41)51-22-6(28-4(2)30)15(13(37)26(55-22)57-59(46,47)48)50-23-10(34)7(31)8(32)17(52-23)19(38)39/h5-18,21-26,31-37,42H,1-2H3,(H,27,29)(H,28,30)(H,38,39)(H,40,41)(H,43,44,45)(H,46,47,48). The quantitative estimate of drug-likeness (QED) is 0.0720. The maximum Gasteiger partial charge on any atom is 0.399 e. The van der Waals surface area contributed by atoms with Gasteiger partial charge in [-0.25, -0.2) is 18.0 Å². The van der Waals surface area contributed by atoms with Crippen LogP contribution in [-0.4, -0.2) is 224 Å². The van der Waals surface area contributed by atoms with Crippen LogP contribution in [-0.2, 0) is 81.5 Å². The third-order valence-corrected chi connectivity index (χ3v) is 9.59. The van der Waals surface area contributed by atoms with Crippen molar-refractivity contribution in [1.29, 1.82) is 0 Å². The number of carbonyl (C=O) groups excluding carboxylic acids is 2. The van der Waals surface area contributed by atoms with Crippen LogP contribution < -0.4 is 10.6 Å². The van der Waals surface area contributed by atoms with Gasteiger partial charge in [0.25, 0.3) is 0 Å². The monoisotopic (exact) mass is 908 g/mol. The van der Waals surface area contributed by atoms with Crippen molar-refractivity contribution in [3.8, 4) is 0 Å². The zero-order valence-corrected chi connectivity index (χ0v) is 31.3. The van der Waals surface area contributed by atoms with Crippen molar-refractivity contribution >= 4 is 44.6 Å². The molecule has 4 saturated heterocycles. The number of carboxylic acid groups (broad SMARTS) is 2. The largest absolute Gasteiger partial charge is 0.479 e. The van der Waals surface area contributed by atoms with E-state index in [4.69, 9.17) is 37.7 Å². The lowest BCUT2D eigenvalue weighted by Gasteiger charge is -2.49. The molecule has 0 radical (unpaired) electrons. The fourth-order valence-corrected chi connectivity index (χ4v) is 7.00. The zero-order chi connectivity index (χ0) is 44.6. The highest BCUT2D eigenvalue weighted by Gasteiger charge is 2.58. The molecule has 4 fully saturated rings. The average molecular weight is 909 g/mol. The molecule has 340 valence electrons. The molecule has 2 amide bonds. The van der Waals surface area contributed by atoms with E-state index in [1.54, 1.807) is 0 Å². The van der Waals surface area contributed by atoms with Crippen molar-refractivity contribution in [2.45, 2.75) is 137 Å². The molecular formula is C26H40N2O29S2. The molecule has 20 atom stereocenters. The van der Waals surface area contributed by atoms with E-state index in [0.29, 0.717) is 0 Å². The number of ether oxygens (including phenoxy) is 7. The predicted octanol–water partition coefficient (Wildman–Crippen LogP) is -9.71. The maximum atomic E-state index is 12.5. The number of nitrogens with one attached hydrogen (secondary N) is 2. The minimum Gasteiger partial charge on any atom is -0.479 e. The highest BCUT2D eigenvalue weighted by molar-refractivity contribution is 7.81. The second-order valence-electron chi connectivity index (χ2n) is 13.0. The van der Waals surface area contributed by atoms with Gasteiger partial charge in [0.2, 0.25) is 24.4 Å². The molecule has 0 spiro atoms. The number of carboxylic acids is 2. The van der Waals surface area contributed by atoms with E-state index in [1.807, 2.05) is 0 Å². The van der Waals surface area contributed by atoms with Gasteiger partial charge in [-0.15, -0.1) is 0 Å². The molecule has 59 heavy (non-hydrogen) atoms. The Hall–Kier alpha value is -2.98. The zero-order valence-electron chi connectivity index (χ0n) is 29.7. The van der Waals surface area contributed by atoms with E-state index in [0.717, 1.165) is 13.8 Å². The van der Waals surface area contributed by atoms with Crippen LogP contribution in [0, 0.1) is 0 Å². The van der Waals surface area contributed by atoms with Crippen molar-refractivity contribution < 1.29 is 138 Å². The Morgan fingerprint density at radius 1 is 0.475 bits per heavy atom. The first-order valence-electron chi connectivity index (χ1n) is 16.5. The van der Waals surface area contributed by atoms with Crippen molar-refractivity contribution in [2.75, 3.05) is 0 Å². The van der Waals surface area contributed by atoms with Gasteiger partial charge >= 0.3 is 32.7 Å². The van der Waals surface area contributed by atoms with Gasteiger partial charge in [0.1, 0.15) is 73.1 Å². The van der Waals surface area contributed by atoms with Gasteiger partial charge in [-0.2, -0.15) is 16.8 Å². The Kier molecular flexibility index (Phi) is 15.6. The molecule has 0 aliphatic carbocycles. The van der Waals surface area contributed by atoms with Gasteiger partial charge < -0.3 is 94.9 Å². The van der Waals surface area contributed by atoms with Crippen LogP contribution in [0.4, 0.5) is 0 Å². The molecule has 0 aromatic rings. The number of amides is 2. The van der Waals surface area contributed by atoms with Crippen LogP contribution in [0.1, 0.15) is 13.8 Å². The van der Waals surface area contributed by atoms with Gasteiger partial charge in [0.05, 0.1) is 0 Å². The summed E-state index contributed by atoms with van der Waals surface area (Å²) in [5.74, 6) is -6.01. The second kappa shape index (κ2) is 19.0. The number of hydrogen-bond acceptors (Lipinski definition) is 25. The Balaban J connectivity index is 1.69. The normalized spacial score (nSPS) is 43.3. The first kappa shape index (κ1) is 48.7. The van der Waals surface area contributed by atoms with E-state index in [-0.39, 0.29) is 0 Å². The van der Waals surface area contributed by atoms with E-state index in [2.05, 4.69) is 19.0 Å². The predicted molar refractivity (Wildman–Crippen MR) is 169 cm³/mol. The first-order valence-corrected chi connectivity index (χ1v) is 19.2. The highest BCUT2D eigenvalue weighted by Crippen LogP contribution is 2.35. The summed E-state index contributed by atoms with van der Waals surface area (Å²) < 4.78 is 110. The summed E-state index contributed by atoms with van der Waals surface area (Å²) in [6.07, 6.45) is -43.9. The summed E-state index contributed by atoms with van der Waals surface area (Å²) in [4.78, 5) is 48.4. The van der Waals surface area contributed by atoms with Gasteiger partial charge in [0.15, 0.2) is 37.4 Å². The third kappa shape index (κ3) is 11.7. The van der Waals surface area contributed by atoms with Crippen LogP contribution in [0.15, 0.2) is 0 Å². The summed E-state index contributed by atoms with van der Waals surface area (Å²) in [5.41, 5.74) is 0. The number of rotatable bonds is 14. The van der Waals surface area contributed by atoms with Crippen LogP contribution in [0.5, 0.6) is 0 Å². The van der Waals surface area contributed by atoms with Crippen LogP contribution in [0.3, 0.4) is 0 Å². The lowest BCUT2D eigenvalue weighted by Crippen LogP contribution is -2.70. The van der Waals surface area contributed by atoms with Crippen LogP contribution >= 0.6 is 0 Å². The van der Waals surface area contributed by atoms with E-state index in [9.17, 15) is 91.6 Å². The molecule has 33 heteroatoms. The van der Waals surface area contributed by atoms with Crippen molar-refractivity contribution in [2.24, 2.45) is 0 Å². The summed E-state index contributed by atoms with van der Waals surface area (Å²) in [7, 11) is -11.1. The SMILES string of the molecule is CC(=O)NC1C(O)OC(OS(=O)(=O)O)C(O)C1OC1OC(C(=O)O)C(OC2OC(OS(=O)(=O)O)C(O)C(OC3OC(C(=O)O)C(O)C(O)C3O)C2NC(C)=O)C(O)C1O. The van der Waals surface area contributed by atoms with Crippen molar-refractivity contribution in [1.82, 2.24) is 10.6 Å². The molecular weight excluding hydrogens is 868 g/mol. The number of hydrogen-bond donors (Lipinski definition) is 14. The molecule has 14 N–H and O–H groups in total. The number of carbonyl (C=O) groups is 4. The Morgan fingerprint density at radius 3 is 1.34 bits per heavy atom. The van der Waals surface area contributed by atoms with Gasteiger partial charge in [0, 0.05) is 13.8 Å². The fourth-order valence-electron chi connectivity index (χ4n) is 6.20. The minimum absolute atomic E-state index is 0.819. The fraction of sp³-hybridized carbons (Fsp3) is 0.846. The Bertz CT molecular complexity index is 1750. The third-order valence-electron chi connectivity index (χ3n) is 8.73. The Morgan fingerprint density at radius 2 is 0.881 bits per heavy atom. The van der Waals surface area contributed by atoms with E-state index >= 15 is 0 Å². The highest BCUT2D eigenvalue weighted by atomic mass is 32.3. The lowest BCUT2D eigenvalue weighted by molar-refractivity contribution is -0.382. The van der Waals surface area contributed by atoms with Gasteiger partial charge in [-0.05, 0) is 0 Å². The minimum atomic E-state index is -5.63. The molecule has 0 bridgehead atoms. The van der Waals surface area contributed by atoms with E-state index < -0.39 is 168 Å². The molecule has 0 aromatic heterocycles. The molecule has 20 unspecified atom stereocenters. The van der Waals surface area contributed by atoms with Crippen LogP contribution in [0.2, 0.25) is 0 Å². The molecule has 0 aromatic carbocycles. The molecule has 4 aliphatic heterocycles. The summed E-state index contributed by atoms with van der Waals surface area (Å²) in [6.45, 7) is 1.71. The molecule has 4 aliphatic rings. The van der Waals surface area contributed by atoms with Gasteiger partial charge in [-0.3, -0.25) is 18.7 Å². The molecule has 4 rings (SSSR count). The summed E-state index contributed by atoms with van der Waals surface area (Å²) in [6, 6.07) is -4.04. The smallest absolute Gasteiger partial charge is 0.399 e. The number of aliphatic hydroxyl groups excluding tert-OH is 8. The lowest BCUT2D eigenvalue weighted by atomic mass is 9.96. The van der Waals surface area contributed by atoms with Gasteiger partial charge in [-0.1, -0.05) is 0 Å². The first-order chi connectivity index (χ1) is 27.1. The maximum absolute atomic E-state index is 12.5. The van der Waals surface area contributed by atoms with Crippen LogP contribution in [0.25, 0.3) is 0 Å². The van der Waals surface area contributed by atoms with Crippen molar-refractivity contribution in [3.63, 3.8) is 0 Å². The Labute approximate surface area is 329 Å². The molecule has 4 heterocycles. The molecule has 31 nitrogen and oxygen atoms in total. The summed E-state index contributed by atoms with van der Waals surface area (Å²) in [5, 5.41) is 109.